The third-order valence-electron chi connectivity index (χ3n) is 1.99. The summed E-state index contributed by atoms with van der Waals surface area (Å²) in [6, 6.07) is 2.92. The maximum Gasteiger partial charge on any atom is 0.573 e. The minimum Gasteiger partial charge on any atom is -0.405 e. The number of benzene rings is 1. The van der Waals surface area contributed by atoms with Crippen LogP contribution in [-0.2, 0) is 15.6 Å². The largest absolute Gasteiger partial charge is 0.573 e. The molecule has 0 saturated heterocycles. The molecule has 10 heteroatoms. The first-order valence-electron chi connectivity index (χ1n) is 4.56. The predicted octanol–water partition coefficient (Wildman–Crippen LogP) is 1.84. The fourth-order valence-electron chi connectivity index (χ4n) is 1.27. The summed E-state index contributed by atoms with van der Waals surface area (Å²) in [6.45, 7) is -0.372. The smallest absolute Gasteiger partial charge is 0.405 e. The Morgan fingerprint density at radius 1 is 1.42 bits per heavy atom. The molecule has 0 heterocycles. The first-order valence-corrected chi connectivity index (χ1v) is 6.87. The first-order chi connectivity index (χ1) is 8.58. The molecule has 0 spiro atoms. The molecule has 5 nitrogen and oxygen atoms in total. The van der Waals surface area contributed by atoms with Crippen LogP contribution in [0.15, 0.2) is 17.0 Å². The molecule has 1 aromatic carbocycles. The molecule has 0 aromatic heterocycles. The average molecular weight is 315 g/mol. The molecule has 2 N–H and O–H groups in total. The van der Waals surface area contributed by atoms with Crippen LogP contribution in [0.1, 0.15) is 11.1 Å². The first kappa shape index (κ1) is 15.6. The van der Waals surface area contributed by atoms with E-state index in [-0.39, 0.29) is 12.1 Å². The molecule has 0 saturated carbocycles. The topological polar surface area (TPSA) is 93.2 Å². The van der Waals surface area contributed by atoms with Crippen LogP contribution in [0.3, 0.4) is 0 Å². The molecule has 19 heavy (non-hydrogen) atoms. The monoisotopic (exact) mass is 314 g/mol. The van der Waals surface area contributed by atoms with Gasteiger partial charge >= 0.3 is 6.36 Å². The minimum absolute atomic E-state index is 0.169. The zero-order chi connectivity index (χ0) is 14.8. The Labute approximate surface area is 110 Å². The molecule has 0 amide bonds. The lowest BCUT2D eigenvalue weighted by atomic mass is 10.1. The summed E-state index contributed by atoms with van der Waals surface area (Å²) in [6.07, 6.45) is -5.02. The number of hydrogen-bond acceptors (Lipinski definition) is 5. The average Bonchev–Trinajstić information content (AvgIpc) is 2.25. The highest BCUT2D eigenvalue weighted by molar-refractivity contribution is 8.13. The van der Waals surface area contributed by atoms with Gasteiger partial charge in [-0.05, 0) is 6.07 Å². The van der Waals surface area contributed by atoms with Crippen LogP contribution in [0, 0.1) is 11.3 Å². The van der Waals surface area contributed by atoms with Gasteiger partial charge < -0.3 is 10.5 Å². The summed E-state index contributed by atoms with van der Waals surface area (Å²) >= 11 is 0. The summed E-state index contributed by atoms with van der Waals surface area (Å²) in [5, 5.41) is 8.75. The number of ether oxygens (including phenoxy) is 1. The third-order valence-corrected chi connectivity index (χ3v) is 3.35. The minimum atomic E-state index is -5.02. The highest BCUT2D eigenvalue weighted by Crippen LogP contribution is 2.32. The van der Waals surface area contributed by atoms with Crippen molar-refractivity contribution in [1.29, 1.82) is 5.26 Å². The fourth-order valence-corrected chi connectivity index (χ4v) is 2.27. The van der Waals surface area contributed by atoms with E-state index in [2.05, 4.69) is 4.74 Å². The van der Waals surface area contributed by atoms with Crippen molar-refractivity contribution >= 4 is 19.7 Å². The summed E-state index contributed by atoms with van der Waals surface area (Å²) in [5.41, 5.74) is 4.63. The van der Waals surface area contributed by atoms with Crippen molar-refractivity contribution < 1.29 is 26.3 Å². The van der Waals surface area contributed by atoms with E-state index in [1.807, 2.05) is 0 Å². The molecule has 0 bridgehead atoms. The van der Waals surface area contributed by atoms with Crippen LogP contribution in [0.2, 0.25) is 0 Å². The van der Waals surface area contributed by atoms with Crippen molar-refractivity contribution in [2.24, 2.45) is 5.73 Å². The van der Waals surface area contributed by atoms with E-state index in [4.69, 9.17) is 21.7 Å². The molecule has 0 atom stereocenters. The van der Waals surface area contributed by atoms with Gasteiger partial charge in [0.2, 0.25) is 0 Å². The number of hydrogen-bond donors (Lipinski definition) is 1. The second-order valence-corrected chi connectivity index (χ2v) is 5.79. The van der Waals surface area contributed by atoms with Gasteiger partial charge in [0.15, 0.2) is 0 Å². The second-order valence-electron chi connectivity index (χ2n) is 3.26. The molecule has 1 aromatic rings. The number of nitriles is 1. The molecule has 1 rings (SSSR count). The maximum atomic E-state index is 12.2. The maximum absolute atomic E-state index is 12.2. The van der Waals surface area contributed by atoms with Gasteiger partial charge in [-0.15, -0.1) is 13.2 Å². The SMILES string of the molecule is N#Cc1cc(CN)c(OC(F)(F)F)cc1S(=O)(=O)Cl. The molecule has 0 aliphatic carbocycles. The zero-order valence-corrected chi connectivity index (χ0v) is 10.6. The van der Waals surface area contributed by atoms with Gasteiger partial charge in [-0.25, -0.2) is 8.42 Å². The Kier molecular flexibility index (Phi) is 4.29. The van der Waals surface area contributed by atoms with Gasteiger partial charge in [-0.2, -0.15) is 5.26 Å². The Morgan fingerprint density at radius 2 is 2.00 bits per heavy atom. The van der Waals surface area contributed by atoms with E-state index < -0.39 is 31.6 Å². The molecule has 104 valence electrons. The molecule has 0 unspecified atom stereocenters. The standard InChI is InChI=1S/C9H6ClF3N2O3S/c10-19(16,17)8-2-7(18-9(11,12)13)5(3-14)1-6(8)4-15/h1-2H,3,14H2. The van der Waals surface area contributed by atoms with E-state index in [0.29, 0.717) is 6.07 Å². The van der Waals surface area contributed by atoms with Crippen LogP contribution < -0.4 is 10.5 Å². The molecule has 0 radical (unpaired) electrons. The van der Waals surface area contributed by atoms with E-state index >= 15 is 0 Å². The molecule has 0 fully saturated rings. The number of halogens is 4. The molecular weight excluding hydrogens is 309 g/mol. The summed E-state index contributed by atoms with van der Waals surface area (Å²) in [5.74, 6) is -0.812. The normalized spacial score (nSPS) is 12.0. The summed E-state index contributed by atoms with van der Waals surface area (Å²) in [4.78, 5) is -0.770. The van der Waals surface area contributed by atoms with E-state index in [9.17, 15) is 21.6 Å². The lowest BCUT2D eigenvalue weighted by Crippen LogP contribution is -2.19. The van der Waals surface area contributed by atoms with Gasteiger partial charge in [-0.1, -0.05) is 0 Å². The number of rotatable bonds is 3. The van der Waals surface area contributed by atoms with E-state index in [1.54, 1.807) is 0 Å². The molecule has 0 aliphatic rings. The quantitative estimate of drug-likeness (QED) is 0.859. The number of alkyl halides is 3. The number of nitrogens with zero attached hydrogens (tertiary/aromatic N) is 1. The zero-order valence-electron chi connectivity index (χ0n) is 9.03. The van der Waals surface area contributed by atoms with Crippen LogP contribution >= 0.6 is 10.7 Å². The van der Waals surface area contributed by atoms with Gasteiger partial charge in [0.05, 0.1) is 5.56 Å². The van der Waals surface area contributed by atoms with Crippen molar-refractivity contribution in [3.63, 3.8) is 0 Å². The van der Waals surface area contributed by atoms with Crippen molar-refractivity contribution in [1.82, 2.24) is 0 Å². The van der Waals surface area contributed by atoms with Crippen LogP contribution in [-0.4, -0.2) is 14.8 Å². The van der Waals surface area contributed by atoms with E-state index in [1.165, 1.54) is 6.07 Å². The van der Waals surface area contributed by atoms with Crippen molar-refractivity contribution in [2.75, 3.05) is 0 Å². The highest BCUT2D eigenvalue weighted by atomic mass is 35.7. The highest BCUT2D eigenvalue weighted by Gasteiger charge is 2.33. The Balaban J connectivity index is 3.52. The summed E-state index contributed by atoms with van der Waals surface area (Å²) < 4.78 is 62.5. The Hall–Kier alpha value is -1.50. The van der Waals surface area contributed by atoms with Gasteiger partial charge in [0.25, 0.3) is 9.05 Å². The van der Waals surface area contributed by atoms with Crippen molar-refractivity contribution in [3.05, 3.63) is 23.3 Å². The lowest BCUT2D eigenvalue weighted by Gasteiger charge is -2.14. The van der Waals surface area contributed by atoms with E-state index in [0.717, 1.165) is 6.07 Å². The fraction of sp³-hybridized carbons (Fsp3) is 0.222. The Morgan fingerprint density at radius 3 is 2.37 bits per heavy atom. The van der Waals surface area contributed by atoms with Crippen molar-refractivity contribution in [2.45, 2.75) is 17.8 Å². The molecular formula is C9H6ClF3N2O3S. The summed E-state index contributed by atoms with van der Waals surface area (Å²) in [7, 11) is 0.647. The Bertz CT molecular complexity index is 637. The van der Waals surface area contributed by atoms with Crippen LogP contribution in [0.25, 0.3) is 0 Å². The predicted molar refractivity (Wildman–Crippen MR) is 58.8 cm³/mol. The van der Waals surface area contributed by atoms with Crippen molar-refractivity contribution in [3.8, 4) is 11.8 Å². The van der Waals surface area contributed by atoms with Crippen LogP contribution in [0.5, 0.6) is 5.75 Å². The van der Waals surface area contributed by atoms with Gasteiger partial charge in [0, 0.05) is 28.9 Å². The number of nitrogens with two attached hydrogens (primary N) is 1. The van der Waals surface area contributed by atoms with Gasteiger partial charge in [0.1, 0.15) is 16.7 Å². The third kappa shape index (κ3) is 3.99. The van der Waals surface area contributed by atoms with Crippen LogP contribution in [0.4, 0.5) is 13.2 Å². The van der Waals surface area contributed by atoms with Gasteiger partial charge in [-0.3, -0.25) is 0 Å². The second kappa shape index (κ2) is 5.24. The lowest BCUT2D eigenvalue weighted by molar-refractivity contribution is -0.275. The molecule has 0 aliphatic heterocycles.